The Morgan fingerprint density at radius 2 is 2.07 bits per heavy atom. The van der Waals surface area contributed by atoms with Crippen molar-refractivity contribution in [2.24, 2.45) is 10.9 Å². The molecule has 2 N–H and O–H groups in total. The number of halogens is 1. The number of amides is 1. The molecule has 6 nitrogen and oxygen atoms in total. The SMILES string of the molecule is CCNC(=NCC(=O)NCc1ccco1)N1CCC(CSc2ccccc2)C1.I. The lowest BCUT2D eigenvalue weighted by molar-refractivity contribution is -0.119. The summed E-state index contributed by atoms with van der Waals surface area (Å²) in [4.78, 5) is 20.2. The number of carbonyl (C=O) groups is 1. The Balaban J connectivity index is 0.00000300. The van der Waals surface area contributed by atoms with Crippen LogP contribution in [0, 0.1) is 5.92 Å². The summed E-state index contributed by atoms with van der Waals surface area (Å²) in [5.41, 5.74) is 0. The van der Waals surface area contributed by atoms with Gasteiger partial charge >= 0.3 is 0 Å². The monoisotopic (exact) mass is 528 g/mol. The van der Waals surface area contributed by atoms with Crippen LogP contribution in [0.1, 0.15) is 19.1 Å². The van der Waals surface area contributed by atoms with Gasteiger partial charge in [-0.3, -0.25) is 4.79 Å². The largest absolute Gasteiger partial charge is 0.467 e. The number of benzene rings is 1. The Morgan fingerprint density at radius 1 is 1.24 bits per heavy atom. The molecule has 8 heteroatoms. The first kappa shape index (κ1) is 23.6. The van der Waals surface area contributed by atoms with Gasteiger partial charge in [-0.2, -0.15) is 0 Å². The summed E-state index contributed by atoms with van der Waals surface area (Å²) in [7, 11) is 0. The second-order valence-corrected chi connectivity index (χ2v) is 7.84. The number of carbonyl (C=O) groups excluding carboxylic acids is 1. The molecule has 1 aromatic carbocycles. The summed E-state index contributed by atoms with van der Waals surface area (Å²) in [5, 5.41) is 6.15. The van der Waals surface area contributed by atoms with Crippen LogP contribution in [0.5, 0.6) is 0 Å². The van der Waals surface area contributed by atoms with Crippen LogP contribution < -0.4 is 10.6 Å². The van der Waals surface area contributed by atoms with Gasteiger partial charge in [0, 0.05) is 30.3 Å². The molecule has 1 aromatic heterocycles. The summed E-state index contributed by atoms with van der Waals surface area (Å²) in [6.07, 6.45) is 2.75. The fourth-order valence-electron chi connectivity index (χ4n) is 3.12. The number of aliphatic imine (C=N–C) groups is 1. The number of nitrogens with zero attached hydrogens (tertiary/aromatic N) is 2. The van der Waals surface area contributed by atoms with Crippen molar-refractivity contribution in [3.8, 4) is 0 Å². The molecule has 1 amide bonds. The number of hydrogen-bond acceptors (Lipinski definition) is 4. The summed E-state index contributed by atoms with van der Waals surface area (Å²) < 4.78 is 5.22. The Bertz CT molecular complexity index is 755. The third kappa shape index (κ3) is 7.93. The zero-order chi connectivity index (χ0) is 19.6. The van der Waals surface area contributed by atoms with Gasteiger partial charge in [-0.1, -0.05) is 18.2 Å². The number of furan rings is 1. The molecular formula is C21H29IN4O2S. The molecule has 1 aliphatic heterocycles. The van der Waals surface area contributed by atoms with Crippen molar-refractivity contribution >= 4 is 47.6 Å². The highest BCUT2D eigenvalue weighted by atomic mass is 127. The number of likely N-dealkylation sites (tertiary alicyclic amines) is 1. The number of rotatable bonds is 8. The molecule has 1 atom stereocenters. The maximum absolute atomic E-state index is 12.1. The third-order valence-electron chi connectivity index (χ3n) is 4.56. The van der Waals surface area contributed by atoms with E-state index in [1.54, 1.807) is 6.26 Å². The molecule has 158 valence electrons. The van der Waals surface area contributed by atoms with E-state index >= 15 is 0 Å². The van der Waals surface area contributed by atoms with Crippen LogP contribution in [0.4, 0.5) is 0 Å². The Labute approximate surface area is 193 Å². The van der Waals surface area contributed by atoms with Gasteiger partial charge in [0.2, 0.25) is 5.91 Å². The van der Waals surface area contributed by atoms with Crippen LogP contribution in [-0.2, 0) is 11.3 Å². The highest BCUT2D eigenvalue weighted by Gasteiger charge is 2.25. The van der Waals surface area contributed by atoms with E-state index in [4.69, 9.17) is 4.42 Å². The quantitative estimate of drug-likeness (QED) is 0.237. The standard InChI is InChI=1S/C21H28N4O2S.HI/c1-2-22-21(24-14-20(26)23-13-18-7-6-12-27-18)25-11-10-17(15-25)16-28-19-8-4-3-5-9-19;/h3-9,12,17H,2,10-11,13-16H2,1H3,(H,22,24)(H,23,26);1H. The van der Waals surface area contributed by atoms with E-state index in [9.17, 15) is 4.79 Å². The Hall–Kier alpha value is -1.68. The normalized spacial score (nSPS) is 16.4. The van der Waals surface area contributed by atoms with Gasteiger partial charge in [-0.05, 0) is 43.5 Å². The lowest BCUT2D eigenvalue weighted by Crippen LogP contribution is -2.41. The number of guanidine groups is 1. The first-order valence-corrected chi connectivity index (χ1v) is 10.7. The maximum atomic E-state index is 12.1. The molecule has 2 aromatic rings. The van der Waals surface area contributed by atoms with E-state index in [0.717, 1.165) is 43.5 Å². The van der Waals surface area contributed by atoms with Gasteiger partial charge in [0.25, 0.3) is 0 Å². The van der Waals surface area contributed by atoms with Crippen LogP contribution in [0.15, 0.2) is 63.0 Å². The van der Waals surface area contributed by atoms with E-state index in [1.165, 1.54) is 4.90 Å². The van der Waals surface area contributed by atoms with Gasteiger partial charge in [-0.25, -0.2) is 4.99 Å². The molecule has 3 rings (SSSR count). The van der Waals surface area contributed by atoms with Gasteiger partial charge in [-0.15, -0.1) is 35.7 Å². The van der Waals surface area contributed by atoms with E-state index in [-0.39, 0.29) is 36.4 Å². The molecule has 1 aliphatic rings. The van der Waals surface area contributed by atoms with Gasteiger partial charge in [0.1, 0.15) is 12.3 Å². The van der Waals surface area contributed by atoms with Crippen molar-refractivity contribution in [3.05, 3.63) is 54.5 Å². The molecular weight excluding hydrogens is 499 g/mol. The van der Waals surface area contributed by atoms with Crippen molar-refractivity contribution in [2.75, 3.05) is 31.9 Å². The van der Waals surface area contributed by atoms with E-state index in [2.05, 4.69) is 44.8 Å². The molecule has 1 fully saturated rings. The molecule has 0 aliphatic carbocycles. The zero-order valence-electron chi connectivity index (χ0n) is 16.7. The first-order valence-electron chi connectivity index (χ1n) is 9.74. The smallest absolute Gasteiger partial charge is 0.242 e. The summed E-state index contributed by atoms with van der Waals surface area (Å²) >= 11 is 1.91. The van der Waals surface area contributed by atoms with Crippen molar-refractivity contribution in [1.29, 1.82) is 0 Å². The lowest BCUT2D eigenvalue weighted by Gasteiger charge is -2.21. The molecule has 29 heavy (non-hydrogen) atoms. The number of hydrogen-bond donors (Lipinski definition) is 2. The minimum atomic E-state index is -0.109. The van der Waals surface area contributed by atoms with Gasteiger partial charge in [0.05, 0.1) is 12.8 Å². The van der Waals surface area contributed by atoms with Crippen LogP contribution in [0.25, 0.3) is 0 Å². The topological polar surface area (TPSA) is 69.9 Å². The van der Waals surface area contributed by atoms with Crippen LogP contribution >= 0.6 is 35.7 Å². The van der Waals surface area contributed by atoms with Crippen LogP contribution in [0.3, 0.4) is 0 Å². The Kier molecular flexibility index (Phi) is 10.4. The third-order valence-corrected chi connectivity index (χ3v) is 5.81. The summed E-state index contributed by atoms with van der Waals surface area (Å²) in [5.74, 6) is 3.18. The highest BCUT2D eigenvalue weighted by molar-refractivity contribution is 14.0. The average molecular weight is 528 g/mol. The van der Waals surface area contributed by atoms with E-state index in [1.807, 2.05) is 36.9 Å². The minimum absolute atomic E-state index is 0. The lowest BCUT2D eigenvalue weighted by atomic mass is 10.2. The predicted molar refractivity (Wildman–Crippen MR) is 129 cm³/mol. The second-order valence-electron chi connectivity index (χ2n) is 6.75. The molecule has 2 heterocycles. The molecule has 0 bridgehead atoms. The number of nitrogens with one attached hydrogen (secondary N) is 2. The maximum Gasteiger partial charge on any atom is 0.242 e. The summed E-state index contributed by atoms with van der Waals surface area (Å²) in [6.45, 7) is 5.28. The molecule has 0 radical (unpaired) electrons. The minimum Gasteiger partial charge on any atom is -0.467 e. The molecule has 0 spiro atoms. The second kappa shape index (κ2) is 12.8. The van der Waals surface area contributed by atoms with Gasteiger partial charge < -0.3 is 20.0 Å². The fraction of sp³-hybridized carbons (Fsp3) is 0.429. The first-order chi connectivity index (χ1) is 13.7. The zero-order valence-corrected chi connectivity index (χ0v) is 19.8. The van der Waals surface area contributed by atoms with E-state index in [0.29, 0.717) is 12.5 Å². The number of thioether (sulfide) groups is 1. The fourth-order valence-corrected chi connectivity index (χ4v) is 4.17. The van der Waals surface area contributed by atoms with Gasteiger partial charge in [0.15, 0.2) is 5.96 Å². The van der Waals surface area contributed by atoms with Crippen molar-refractivity contribution in [3.63, 3.8) is 0 Å². The van der Waals surface area contributed by atoms with Crippen LogP contribution in [0.2, 0.25) is 0 Å². The molecule has 1 unspecified atom stereocenters. The van der Waals surface area contributed by atoms with E-state index < -0.39 is 0 Å². The average Bonchev–Trinajstić information content (AvgIpc) is 3.41. The molecule has 1 saturated heterocycles. The van der Waals surface area contributed by atoms with Crippen molar-refractivity contribution in [2.45, 2.75) is 24.8 Å². The van der Waals surface area contributed by atoms with Crippen molar-refractivity contribution in [1.82, 2.24) is 15.5 Å². The predicted octanol–water partition coefficient (Wildman–Crippen LogP) is 3.59. The Morgan fingerprint density at radius 3 is 2.79 bits per heavy atom. The van der Waals surface area contributed by atoms with Crippen LogP contribution in [-0.4, -0.2) is 48.7 Å². The highest BCUT2D eigenvalue weighted by Crippen LogP contribution is 2.25. The molecule has 0 saturated carbocycles. The summed E-state index contributed by atoms with van der Waals surface area (Å²) in [6, 6.07) is 14.2. The van der Waals surface area contributed by atoms with Crippen molar-refractivity contribution < 1.29 is 9.21 Å².